The van der Waals surface area contributed by atoms with Gasteiger partial charge in [-0.1, -0.05) is 12.8 Å². The molecule has 104 valence electrons. The summed E-state index contributed by atoms with van der Waals surface area (Å²) < 4.78 is 5.72. The van der Waals surface area contributed by atoms with Crippen molar-refractivity contribution in [3.63, 3.8) is 0 Å². The van der Waals surface area contributed by atoms with Crippen LogP contribution in [0, 0.1) is 5.92 Å². The molecule has 3 fully saturated rings. The molecule has 3 nitrogen and oxygen atoms in total. The maximum atomic E-state index is 5.72. The molecule has 1 N–H and O–H groups in total. The van der Waals surface area contributed by atoms with E-state index >= 15 is 0 Å². The topological polar surface area (TPSA) is 24.5 Å². The van der Waals surface area contributed by atoms with Gasteiger partial charge in [0.2, 0.25) is 0 Å². The molecule has 0 spiro atoms. The quantitative estimate of drug-likeness (QED) is 0.828. The summed E-state index contributed by atoms with van der Waals surface area (Å²) in [5, 5.41) is 3.87. The second-order valence-electron chi connectivity index (χ2n) is 6.61. The molecule has 2 saturated heterocycles. The summed E-state index contributed by atoms with van der Waals surface area (Å²) in [6.07, 6.45) is 10.2. The zero-order valence-corrected chi connectivity index (χ0v) is 11.7. The Hall–Kier alpha value is -0.120. The van der Waals surface area contributed by atoms with Crippen LogP contribution in [0.4, 0.5) is 0 Å². The first-order chi connectivity index (χ1) is 8.81. The van der Waals surface area contributed by atoms with Crippen molar-refractivity contribution < 1.29 is 4.74 Å². The smallest absolute Gasteiger partial charge is 0.0702 e. The minimum absolute atomic E-state index is 0.499. The number of fused-ring (bicyclic) bond motifs is 1. The highest BCUT2D eigenvalue weighted by atomic mass is 16.5. The predicted octanol–water partition coefficient (Wildman–Crippen LogP) is 2.02. The van der Waals surface area contributed by atoms with E-state index in [-0.39, 0.29) is 0 Å². The zero-order valence-electron chi connectivity index (χ0n) is 11.7. The van der Waals surface area contributed by atoms with Gasteiger partial charge in [0, 0.05) is 31.8 Å². The lowest BCUT2D eigenvalue weighted by Gasteiger charge is -2.25. The third kappa shape index (κ3) is 3.06. The van der Waals surface area contributed by atoms with E-state index in [9.17, 15) is 0 Å². The standard InChI is InChI=1S/C15H28N2O/c1-17(11-14-6-4-8-18-14)10-13-9-12-5-2-3-7-15(12)16-13/h12-16H,2-11H2,1H3. The van der Waals surface area contributed by atoms with E-state index in [0.717, 1.165) is 31.2 Å². The Kier molecular flexibility index (Phi) is 4.22. The average Bonchev–Trinajstić information content (AvgIpc) is 2.96. The molecule has 4 unspecified atom stereocenters. The van der Waals surface area contributed by atoms with Crippen LogP contribution in [0.2, 0.25) is 0 Å². The van der Waals surface area contributed by atoms with Crippen molar-refractivity contribution >= 4 is 0 Å². The normalized spacial score (nSPS) is 40.3. The fraction of sp³-hybridized carbons (Fsp3) is 1.00. The van der Waals surface area contributed by atoms with Gasteiger partial charge in [-0.3, -0.25) is 0 Å². The summed E-state index contributed by atoms with van der Waals surface area (Å²) in [5.41, 5.74) is 0. The molecule has 0 radical (unpaired) electrons. The van der Waals surface area contributed by atoms with E-state index in [0.29, 0.717) is 6.10 Å². The Bertz CT molecular complexity index is 251. The number of hydrogen-bond donors (Lipinski definition) is 1. The summed E-state index contributed by atoms with van der Waals surface area (Å²) >= 11 is 0. The van der Waals surface area contributed by atoms with Crippen molar-refractivity contribution in [1.29, 1.82) is 0 Å². The second-order valence-corrected chi connectivity index (χ2v) is 6.61. The Morgan fingerprint density at radius 1 is 1.11 bits per heavy atom. The maximum Gasteiger partial charge on any atom is 0.0702 e. The van der Waals surface area contributed by atoms with Gasteiger partial charge in [-0.2, -0.15) is 0 Å². The van der Waals surface area contributed by atoms with Gasteiger partial charge < -0.3 is 15.0 Å². The lowest BCUT2D eigenvalue weighted by molar-refractivity contribution is 0.0789. The Morgan fingerprint density at radius 2 is 2.00 bits per heavy atom. The van der Waals surface area contributed by atoms with Crippen molar-refractivity contribution in [2.45, 2.75) is 63.1 Å². The fourth-order valence-corrected chi connectivity index (χ4v) is 4.16. The van der Waals surface area contributed by atoms with Crippen LogP contribution in [0.3, 0.4) is 0 Å². The highest BCUT2D eigenvalue weighted by molar-refractivity contribution is 4.93. The lowest BCUT2D eigenvalue weighted by Crippen LogP contribution is -2.41. The number of hydrogen-bond acceptors (Lipinski definition) is 3. The molecule has 0 amide bonds. The third-order valence-corrected chi connectivity index (χ3v) is 5.02. The molecule has 18 heavy (non-hydrogen) atoms. The van der Waals surface area contributed by atoms with Gasteiger partial charge in [0.1, 0.15) is 0 Å². The summed E-state index contributed by atoms with van der Waals surface area (Å²) in [6, 6.07) is 1.56. The highest BCUT2D eigenvalue weighted by Crippen LogP contribution is 2.33. The van der Waals surface area contributed by atoms with E-state index in [1.165, 1.54) is 51.5 Å². The van der Waals surface area contributed by atoms with Crippen LogP contribution in [0.5, 0.6) is 0 Å². The van der Waals surface area contributed by atoms with E-state index in [1.54, 1.807) is 0 Å². The van der Waals surface area contributed by atoms with Gasteiger partial charge in [0.05, 0.1) is 6.10 Å². The molecule has 0 aromatic rings. The molecule has 0 aromatic carbocycles. The van der Waals surface area contributed by atoms with Crippen molar-refractivity contribution in [1.82, 2.24) is 10.2 Å². The van der Waals surface area contributed by atoms with Crippen LogP contribution in [0.25, 0.3) is 0 Å². The molecule has 1 saturated carbocycles. The van der Waals surface area contributed by atoms with Gasteiger partial charge in [0.15, 0.2) is 0 Å². The zero-order chi connectivity index (χ0) is 12.4. The van der Waals surface area contributed by atoms with Gasteiger partial charge >= 0.3 is 0 Å². The SMILES string of the molecule is CN(CC1CC2CCCCC2N1)CC1CCCO1. The molecular formula is C15H28N2O. The largest absolute Gasteiger partial charge is 0.377 e. The Balaban J connectivity index is 1.42. The summed E-state index contributed by atoms with van der Waals surface area (Å²) in [6.45, 7) is 3.30. The van der Waals surface area contributed by atoms with Gasteiger partial charge in [-0.05, 0) is 45.1 Å². The number of ether oxygens (including phenoxy) is 1. The van der Waals surface area contributed by atoms with Gasteiger partial charge in [-0.25, -0.2) is 0 Å². The van der Waals surface area contributed by atoms with E-state index in [4.69, 9.17) is 4.74 Å². The molecule has 1 aliphatic carbocycles. The minimum Gasteiger partial charge on any atom is -0.377 e. The average molecular weight is 252 g/mol. The Morgan fingerprint density at radius 3 is 2.78 bits per heavy atom. The minimum atomic E-state index is 0.499. The number of nitrogens with zero attached hydrogens (tertiary/aromatic N) is 1. The fourth-order valence-electron chi connectivity index (χ4n) is 4.16. The molecule has 0 aromatic heterocycles. The van der Waals surface area contributed by atoms with Crippen LogP contribution < -0.4 is 5.32 Å². The van der Waals surface area contributed by atoms with Crippen molar-refractivity contribution in [2.75, 3.05) is 26.7 Å². The first-order valence-electron chi connectivity index (χ1n) is 7.87. The predicted molar refractivity (Wildman–Crippen MR) is 73.8 cm³/mol. The first kappa shape index (κ1) is 12.9. The highest BCUT2D eigenvalue weighted by Gasteiger charge is 2.35. The van der Waals surface area contributed by atoms with Crippen LogP contribution in [-0.4, -0.2) is 49.8 Å². The molecule has 3 rings (SSSR count). The number of nitrogens with one attached hydrogen (secondary N) is 1. The molecule has 2 aliphatic heterocycles. The number of likely N-dealkylation sites (N-methyl/N-ethyl adjacent to an activating group) is 1. The third-order valence-electron chi connectivity index (χ3n) is 5.02. The van der Waals surface area contributed by atoms with Gasteiger partial charge in [-0.15, -0.1) is 0 Å². The molecule has 4 atom stereocenters. The summed E-state index contributed by atoms with van der Waals surface area (Å²) in [5.74, 6) is 0.972. The number of rotatable bonds is 4. The van der Waals surface area contributed by atoms with E-state index in [2.05, 4.69) is 17.3 Å². The summed E-state index contributed by atoms with van der Waals surface area (Å²) in [4.78, 5) is 2.48. The van der Waals surface area contributed by atoms with Gasteiger partial charge in [0.25, 0.3) is 0 Å². The van der Waals surface area contributed by atoms with Crippen LogP contribution in [0.15, 0.2) is 0 Å². The first-order valence-corrected chi connectivity index (χ1v) is 7.87. The monoisotopic (exact) mass is 252 g/mol. The molecule has 2 heterocycles. The Labute approximate surface area is 111 Å². The molecular weight excluding hydrogens is 224 g/mol. The summed E-state index contributed by atoms with van der Waals surface area (Å²) in [7, 11) is 2.26. The maximum absolute atomic E-state index is 5.72. The molecule has 0 bridgehead atoms. The second kappa shape index (κ2) is 5.89. The van der Waals surface area contributed by atoms with Crippen LogP contribution in [0.1, 0.15) is 44.9 Å². The van der Waals surface area contributed by atoms with Crippen LogP contribution in [-0.2, 0) is 4.74 Å². The van der Waals surface area contributed by atoms with Crippen molar-refractivity contribution in [2.24, 2.45) is 5.92 Å². The molecule has 3 heteroatoms. The molecule has 3 aliphatic rings. The van der Waals surface area contributed by atoms with Crippen LogP contribution >= 0.6 is 0 Å². The van der Waals surface area contributed by atoms with Crippen molar-refractivity contribution in [3.05, 3.63) is 0 Å². The van der Waals surface area contributed by atoms with E-state index < -0.39 is 0 Å². The van der Waals surface area contributed by atoms with Crippen molar-refractivity contribution in [3.8, 4) is 0 Å². The van der Waals surface area contributed by atoms with E-state index in [1.807, 2.05) is 0 Å². The lowest BCUT2D eigenvalue weighted by atomic mass is 9.85.